The largest absolute Gasteiger partial charge is 0.459 e. The summed E-state index contributed by atoms with van der Waals surface area (Å²) in [6, 6.07) is 23.4. The van der Waals surface area contributed by atoms with E-state index in [1.165, 1.54) is 0 Å². The summed E-state index contributed by atoms with van der Waals surface area (Å²) in [5.41, 5.74) is 3.95. The van der Waals surface area contributed by atoms with Crippen molar-refractivity contribution in [2.24, 2.45) is 0 Å². The fourth-order valence-electron chi connectivity index (χ4n) is 4.04. The number of thiocarbonyl (C=S) groups is 1. The molecule has 2 atom stereocenters. The summed E-state index contributed by atoms with van der Waals surface area (Å²) >= 11 is 15.5. The van der Waals surface area contributed by atoms with E-state index >= 15 is 0 Å². The minimum Gasteiger partial charge on any atom is -0.459 e. The highest BCUT2D eigenvalue weighted by atomic mass is 79.9. The van der Waals surface area contributed by atoms with Gasteiger partial charge in [0.25, 0.3) is 0 Å². The highest BCUT2D eigenvalue weighted by Crippen LogP contribution is 2.43. The third-order valence-electron chi connectivity index (χ3n) is 5.59. The first-order chi connectivity index (χ1) is 15.5. The minimum absolute atomic E-state index is 0.160. The normalized spacial score (nSPS) is 18.1. The summed E-state index contributed by atoms with van der Waals surface area (Å²) in [6.45, 7) is 2.05. The lowest BCUT2D eigenvalue weighted by atomic mass is 10.0. The highest BCUT2D eigenvalue weighted by Gasteiger charge is 2.42. The molecule has 32 heavy (non-hydrogen) atoms. The first kappa shape index (κ1) is 21.2. The van der Waals surface area contributed by atoms with Gasteiger partial charge in [-0.05, 0) is 85.4 Å². The van der Waals surface area contributed by atoms with E-state index in [4.69, 9.17) is 28.2 Å². The van der Waals surface area contributed by atoms with Gasteiger partial charge in [0.15, 0.2) is 5.11 Å². The molecule has 0 saturated carbocycles. The van der Waals surface area contributed by atoms with Gasteiger partial charge in [-0.3, -0.25) is 4.98 Å². The molecule has 1 aliphatic rings. The highest BCUT2D eigenvalue weighted by molar-refractivity contribution is 9.10. The third kappa shape index (κ3) is 3.94. The standard InChI is InChI=1S/C25H19BrClN3OS/c1-15-5-8-17(27)14-19(15)21-11-12-22(31-21)24-23(20-4-2-3-13-28-20)29-25(32)30(24)18-9-6-16(26)7-10-18/h2-14,23-24H,1H3,(H,29,32)/t23-,24+/m1/s1. The Hall–Kier alpha value is -2.67. The summed E-state index contributed by atoms with van der Waals surface area (Å²) in [6.07, 6.45) is 1.79. The molecule has 4 nitrogen and oxygen atoms in total. The van der Waals surface area contributed by atoms with Gasteiger partial charge in [0.05, 0.1) is 11.7 Å². The molecule has 7 heteroatoms. The average Bonchev–Trinajstić information content (AvgIpc) is 3.41. The summed E-state index contributed by atoms with van der Waals surface area (Å²) in [7, 11) is 0. The van der Waals surface area contributed by atoms with Crippen LogP contribution in [-0.4, -0.2) is 10.1 Å². The van der Waals surface area contributed by atoms with Crippen LogP contribution in [-0.2, 0) is 0 Å². The Kier molecular flexibility index (Phi) is 5.76. The number of furan rings is 1. The van der Waals surface area contributed by atoms with Crippen LogP contribution >= 0.6 is 39.7 Å². The molecular formula is C25H19BrClN3OS. The van der Waals surface area contributed by atoms with Gasteiger partial charge in [0, 0.05) is 26.9 Å². The zero-order valence-corrected chi connectivity index (χ0v) is 20.3. The number of aryl methyl sites for hydroxylation is 1. The van der Waals surface area contributed by atoms with E-state index in [0.717, 1.165) is 38.5 Å². The first-order valence-corrected chi connectivity index (χ1v) is 11.7. The smallest absolute Gasteiger partial charge is 0.174 e. The average molecular weight is 525 g/mol. The summed E-state index contributed by atoms with van der Waals surface area (Å²) in [4.78, 5) is 6.68. The Bertz CT molecular complexity index is 1280. The third-order valence-corrected chi connectivity index (χ3v) is 6.66. The van der Waals surface area contributed by atoms with Gasteiger partial charge in [-0.15, -0.1) is 0 Å². The number of hydrogen-bond acceptors (Lipinski definition) is 3. The van der Waals surface area contributed by atoms with Crippen molar-refractivity contribution in [3.63, 3.8) is 0 Å². The predicted molar refractivity (Wildman–Crippen MR) is 136 cm³/mol. The van der Waals surface area contributed by atoms with E-state index in [-0.39, 0.29) is 12.1 Å². The van der Waals surface area contributed by atoms with Crippen LogP contribution in [0.2, 0.25) is 5.02 Å². The lowest BCUT2D eigenvalue weighted by molar-refractivity contribution is 0.439. The molecule has 1 aliphatic heterocycles. The van der Waals surface area contributed by atoms with Gasteiger partial charge >= 0.3 is 0 Å². The van der Waals surface area contributed by atoms with Gasteiger partial charge in [-0.25, -0.2) is 0 Å². The van der Waals surface area contributed by atoms with E-state index in [9.17, 15) is 0 Å². The minimum atomic E-state index is -0.202. The van der Waals surface area contributed by atoms with Crippen molar-refractivity contribution in [1.82, 2.24) is 10.3 Å². The zero-order valence-electron chi connectivity index (χ0n) is 17.1. The van der Waals surface area contributed by atoms with Crippen LogP contribution < -0.4 is 10.2 Å². The second-order valence-electron chi connectivity index (χ2n) is 7.63. The van der Waals surface area contributed by atoms with Gasteiger partial charge in [-0.2, -0.15) is 0 Å². The molecule has 1 fully saturated rings. The quantitative estimate of drug-likeness (QED) is 0.285. The SMILES string of the molecule is Cc1ccc(Cl)cc1-c1ccc([C@H]2[C@@H](c3ccccn3)NC(=S)N2c2ccc(Br)cc2)o1. The number of benzene rings is 2. The molecule has 1 saturated heterocycles. The molecule has 0 bridgehead atoms. The lowest BCUT2D eigenvalue weighted by Gasteiger charge is -2.26. The maximum absolute atomic E-state index is 6.43. The van der Waals surface area contributed by atoms with Crippen LogP contribution in [0.25, 0.3) is 11.3 Å². The van der Waals surface area contributed by atoms with Crippen molar-refractivity contribution in [3.05, 3.63) is 106 Å². The van der Waals surface area contributed by atoms with Crippen molar-refractivity contribution in [2.75, 3.05) is 4.90 Å². The van der Waals surface area contributed by atoms with Crippen molar-refractivity contribution in [3.8, 4) is 11.3 Å². The lowest BCUT2D eigenvalue weighted by Crippen LogP contribution is -2.29. The van der Waals surface area contributed by atoms with Gasteiger partial charge in [0.1, 0.15) is 17.6 Å². The Morgan fingerprint density at radius 1 is 1.06 bits per heavy atom. The Morgan fingerprint density at radius 2 is 1.88 bits per heavy atom. The molecule has 0 spiro atoms. The number of nitrogens with one attached hydrogen (secondary N) is 1. The van der Waals surface area contributed by atoms with Crippen molar-refractivity contribution in [1.29, 1.82) is 0 Å². The molecule has 5 rings (SSSR count). The van der Waals surface area contributed by atoms with E-state index in [0.29, 0.717) is 10.1 Å². The number of pyridine rings is 1. The van der Waals surface area contributed by atoms with E-state index < -0.39 is 0 Å². The monoisotopic (exact) mass is 523 g/mol. The molecule has 2 aromatic carbocycles. The molecule has 0 amide bonds. The number of hydrogen-bond donors (Lipinski definition) is 1. The Labute approximate surface area is 205 Å². The molecule has 160 valence electrons. The van der Waals surface area contributed by atoms with Crippen LogP contribution in [0.4, 0.5) is 5.69 Å². The molecular weight excluding hydrogens is 506 g/mol. The van der Waals surface area contributed by atoms with Crippen LogP contribution in [0.5, 0.6) is 0 Å². The Balaban J connectivity index is 1.61. The van der Waals surface area contributed by atoms with E-state index in [2.05, 4.69) is 31.1 Å². The van der Waals surface area contributed by atoms with Crippen molar-refractivity contribution < 1.29 is 4.42 Å². The van der Waals surface area contributed by atoms with Crippen LogP contribution in [0.15, 0.2) is 87.9 Å². The van der Waals surface area contributed by atoms with Crippen molar-refractivity contribution >= 4 is 50.5 Å². The first-order valence-electron chi connectivity index (χ1n) is 10.1. The van der Waals surface area contributed by atoms with Crippen LogP contribution in [0.1, 0.15) is 29.1 Å². The fraction of sp³-hybridized carbons (Fsp3) is 0.120. The summed E-state index contributed by atoms with van der Waals surface area (Å²) in [5.74, 6) is 1.57. The zero-order chi connectivity index (χ0) is 22.2. The number of rotatable bonds is 4. The molecule has 0 aliphatic carbocycles. The van der Waals surface area contributed by atoms with E-state index in [1.807, 2.05) is 79.7 Å². The number of aromatic nitrogens is 1. The van der Waals surface area contributed by atoms with Crippen LogP contribution in [0, 0.1) is 6.92 Å². The second-order valence-corrected chi connectivity index (χ2v) is 9.37. The topological polar surface area (TPSA) is 41.3 Å². The van der Waals surface area contributed by atoms with Crippen molar-refractivity contribution in [2.45, 2.75) is 19.0 Å². The van der Waals surface area contributed by atoms with Gasteiger partial charge in [-0.1, -0.05) is 39.7 Å². The molecule has 0 radical (unpaired) electrons. The second kappa shape index (κ2) is 8.70. The molecule has 1 N–H and O–H groups in total. The molecule has 2 aromatic heterocycles. The summed E-state index contributed by atoms with van der Waals surface area (Å²) < 4.78 is 7.44. The molecule has 3 heterocycles. The fourth-order valence-corrected chi connectivity index (χ4v) is 4.82. The summed E-state index contributed by atoms with van der Waals surface area (Å²) in [5, 5.41) is 4.76. The van der Waals surface area contributed by atoms with Gasteiger partial charge < -0.3 is 14.6 Å². The number of anilines is 1. The Morgan fingerprint density at radius 3 is 2.62 bits per heavy atom. The maximum atomic E-state index is 6.43. The molecule has 0 unspecified atom stereocenters. The van der Waals surface area contributed by atoms with Crippen LogP contribution in [0.3, 0.4) is 0 Å². The predicted octanol–water partition coefficient (Wildman–Crippen LogP) is 7.24. The number of nitrogens with zero attached hydrogens (tertiary/aromatic N) is 2. The van der Waals surface area contributed by atoms with E-state index in [1.54, 1.807) is 6.20 Å². The number of halogens is 2. The maximum Gasteiger partial charge on any atom is 0.174 e. The van der Waals surface area contributed by atoms with Gasteiger partial charge in [0.2, 0.25) is 0 Å². The molecule has 4 aromatic rings.